The van der Waals surface area contributed by atoms with Gasteiger partial charge in [-0.2, -0.15) is 0 Å². The van der Waals surface area contributed by atoms with E-state index >= 15 is 0 Å². The normalized spacial score (nSPS) is 36.5. The first-order valence-corrected chi connectivity index (χ1v) is 7.17. The minimum absolute atomic E-state index is 0.000324. The summed E-state index contributed by atoms with van der Waals surface area (Å²) in [6.45, 7) is 4.27. The maximum Gasteiger partial charge on any atom is 0.243 e. The van der Waals surface area contributed by atoms with Gasteiger partial charge in [-0.1, -0.05) is 6.08 Å². The molecule has 0 radical (unpaired) electrons. The predicted molar refractivity (Wildman–Crippen MR) is 67.3 cm³/mol. The number of hydrogen-bond donors (Lipinski definition) is 0. The summed E-state index contributed by atoms with van der Waals surface area (Å²) in [7, 11) is 2.38. The first kappa shape index (κ1) is 13.1. The Bertz CT molecular complexity index is 365. The largest absolute Gasteiger partial charge is 0.760 e. The molecule has 2 aliphatic rings. The van der Waals surface area contributed by atoms with Gasteiger partial charge in [0.1, 0.15) is 6.04 Å². The highest BCUT2D eigenvalue weighted by atomic mass is 32.2. The van der Waals surface area contributed by atoms with Crippen molar-refractivity contribution in [1.29, 1.82) is 0 Å². The van der Waals surface area contributed by atoms with Crippen molar-refractivity contribution in [2.75, 3.05) is 6.54 Å². The lowest BCUT2D eigenvalue weighted by Gasteiger charge is -2.41. The van der Waals surface area contributed by atoms with Gasteiger partial charge in [0.25, 0.3) is 0 Å². The Balaban J connectivity index is 2.40. The van der Waals surface area contributed by atoms with Gasteiger partial charge in [0.15, 0.2) is 0 Å². The summed E-state index contributed by atoms with van der Waals surface area (Å²) in [6.07, 6.45) is 4.05. The molecule has 0 aromatic heterocycles. The van der Waals surface area contributed by atoms with Gasteiger partial charge in [0.2, 0.25) is 5.91 Å². The third kappa shape index (κ3) is 2.32. The molecular weight excluding hydrogens is 259 g/mol. The Kier molecular flexibility index (Phi) is 3.98. The van der Waals surface area contributed by atoms with Crippen LogP contribution in [0.25, 0.3) is 0 Å². The Morgan fingerprint density at radius 3 is 2.82 bits per heavy atom. The van der Waals surface area contributed by atoms with Crippen LogP contribution in [0.2, 0.25) is 0 Å². The second-order valence-corrected chi connectivity index (χ2v) is 5.96. The zero-order valence-electron chi connectivity index (χ0n) is 9.45. The van der Waals surface area contributed by atoms with E-state index in [1.54, 1.807) is 10.7 Å². The monoisotopic (exact) mass is 275 g/mol. The summed E-state index contributed by atoms with van der Waals surface area (Å²) in [5.74, 6) is -0.132. The van der Waals surface area contributed by atoms with Crippen LogP contribution in [0.5, 0.6) is 0 Å². The molecule has 0 spiro atoms. The molecule has 0 aromatic rings. The number of hydrogen-bond acceptors (Lipinski definition) is 3. The minimum Gasteiger partial charge on any atom is -0.760 e. The molecule has 7 heteroatoms. The van der Waals surface area contributed by atoms with Crippen molar-refractivity contribution in [3.05, 3.63) is 12.7 Å². The Labute approximate surface area is 106 Å². The van der Waals surface area contributed by atoms with Gasteiger partial charge in [-0.25, -0.2) is 4.31 Å². The zero-order valence-corrected chi connectivity index (χ0v) is 11.4. The molecule has 1 amide bonds. The van der Waals surface area contributed by atoms with Crippen molar-refractivity contribution in [2.24, 2.45) is 5.92 Å². The van der Waals surface area contributed by atoms with Gasteiger partial charge in [-0.15, -0.1) is 6.58 Å². The van der Waals surface area contributed by atoms with E-state index in [9.17, 15) is 13.6 Å². The van der Waals surface area contributed by atoms with E-state index in [0.29, 0.717) is 13.0 Å². The number of fused-ring (bicyclic) bond motifs is 2. The summed E-state index contributed by atoms with van der Waals surface area (Å²) in [4.78, 5) is 12.1. The van der Waals surface area contributed by atoms with Gasteiger partial charge >= 0.3 is 0 Å². The van der Waals surface area contributed by atoms with Crippen LogP contribution < -0.4 is 0 Å². The van der Waals surface area contributed by atoms with Gasteiger partial charge in [-0.3, -0.25) is 9.00 Å². The molecule has 5 unspecified atom stereocenters. The highest BCUT2D eigenvalue weighted by molar-refractivity contribution is 7.76. The average molecular weight is 275 g/mol. The molecule has 0 saturated carbocycles. The Hall–Kier alpha value is -0.290. The summed E-state index contributed by atoms with van der Waals surface area (Å²) < 4.78 is 25.6. The average Bonchev–Trinajstić information content (AvgIpc) is 2.38. The molecule has 0 aliphatic carbocycles. The maximum atomic E-state index is 12.1. The van der Waals surface area contributed by atoms with Crippen LogP contribution in [-0.2, 0) is 16.1 Å². The first-order valence-electron chi connectivity index (χ1n) is 5.62. The molecule has 2 fully saturated rings. The summed E-state index contributed by atoms with van der Waals surface area (Å²) in [5.41, 5.74) is 0. The van der Waals surface area contributed by atoms with Crippen molar-refractivity contribution in [1.82, 2.24) is 8.98 Å². The van der Waals surface area contributed by atoms with Crippen LogP contribution in [-0.4, -0.2) is 42.3 Å². The van der Waals surface area contributed by atoms with Gasteiger partial charge in [-0.05, 0) is 28.7 Å². The molecule has 96 valence electrons. The first-order chi connectivity index (χ1) is 8.06. The van der Waals surface area contributed by atoms with Gasteiger partial charge in [0, 0.05) is 29.8 Å². The number of amides is 1. The Morgan fingerprint density at radius 1 is 1.53 bits per heavy atom. The van der Waals surface area contributed by atoms with Crippen LogP contribution >= 0.6 is 9.39 Å². The van der Waals surface area contributed by atoms with E-state index in [0.717, 1.165) is 12.8 Å². The minimum atomic E-state index is -2.35. The number of rotatable bonds is 2. The van der Waals surface area contributed by atoms with E-state index in [-0.39, 0.29) is 17.9 Å². The van der Waals surface area contributed by atoms with E-state index in [1.165, 1.54) is 4.31 Å². The molecular formula is C10H16N2O3PS-. The smallest absolute Gasteiger partial charge is 0.243 e. The number of carbonyl (C=O) groups excluding carboxylic acids is 1. The van der Waals surface area contributed by atoms with E-state index in [1.807, 2.05) is 0 Å². The van der Waals surface area contributed by atoms with Crippen molar-refractivity contribution < 1.29 is 13.6 Å². The van der Waals surface area contributed by atoms with Crippen molar-refractivity contribution in [3.63, 3.8) is 0 Å². The lowest BCUT2D eigenvalue weighted by Crippen LogP contribution is -2.52. The van der Waals surface area contributed by atoms with E-state index in [4.69, 9.17) is 0 Å². The van der Waals surface area contributed by atoms with Crippen molar-refractivity contribution >= 4 is 26.6 Å². The zero-order chi connectivity index (χ0) is 12.6. The molecule has 2 rings (SSSR count). The molecule has 0 N–H and O–H groups in total. The van der Waals surface area contributed by atoms with Crippen LogP contribution in [0.15, 0.2) is 12.7 Å². The fourth-order valence-electron chi connectivity index (χ4n) is 2.72. The number of piperidine rings is 1. The predicted octanol–water partition coefficient (Wildman–Crippen LogP) is 0.438. The third-order valence-corrected chi connectivity index (χ3v) is 4.89. The van der Waals surface area contributed by atoms with E-state index in [2.05, 4.69) is 16.0 Å². The molecule has 2 bridgehead atoms. The van der Waals surface area contributed by atoms with Crippen LogP contribution in [0.3, 0.4) is 0 Å². The van der Waals surface area contributed by atoms with E-state index < -0.39 is 17.3 Å². The van der Waals surface area contributed by atoms with Crippen molar-refractivity contribution in [2.45, 2.75) is 31.3 Å². The second kappa shape index (κ2) is 5.14. The molecule has 2 heterocycles. The van der Waals surface area contributed by atoms with Gasteiger partial charge in [0.05, 0.1) is 0 Å². The fourth-order valence-corrected chi connectivity index (χ4v) is 4.02. The number of nitrogens with zero attached hydrogens (tertiary/aromatic N) is 2. The van der Waals surface area contributed by atoms with Crippen LogP contribution in [0.1, 0.15) is 19.3 Å². The highest BCUT2D eigenvalue weighted by Gasteiger charge is 2.43. The van der Waals surface area contributed by atoms with Crippen LogP contribution in [0.4, 0.5) is 0 Å². The lowest BCUT2D eigenvalue weighted by molar-refractivity contribution is -0.130. The molecule has 2 saturated heterocycles. The standard InChI is InChI=1S/C10H17N2O3PS/c1-2-7-6-11(16)10(13)9-5-3-4-8(7)12(9)17(14)15/h2,7-9H,1,3-6,16H2,(H,14,15)/p-1. The lowest BCUT2D eigenvalue weighted by atomic mass is 9.90. The topological polar surface area (TPSA) is 63.7 Å². The fraction of sp³-hybridized carbons (Fsp3) is 0.700. The molecule has 0 aromatic carbocycles. The maximum absolute atomic E-state index is 12.1. The molecule has 5 atom stereocenters. The summed E-state index contributed by atoms with van der Waals surface area (Å²) in [5, 5.41) is 0. The Morgan fingerprint density at radius 2 is 2.24 bits per heavy atom. The van der Waals surface area contributed by atoms with Crippen LogP contribution in [0, 0.1) is 5.92 Å². The molecule has 17 heavy (non-hydrogen) atoms. The second-order valence-electron chi connectivity index (χ2n) is 4.48. The highest BCUT2D eigenvalue weighted by Crippen LogP contribution is 2.34. The van der Waals surface area contributed by atoms with Crippen molar-refractivity contribution in [3.8, 4) is 0 Å². The third-order valence-electron chi connectivity index (χ3n) is 3.56. The summed E-state index contributed by atoms with van der Waals surface area (Å²) >= 11 is -2.35. The number of carbonyl (C=O) groups is 1. The molecule has 2 aliphatic heterocycles. The van der Waals surface area contributed by atoms with Gasteiger partial charge < -0.3 is 9.22 Å². The SMILES string of the molecule is C=CC1CN(P)C(=O)C2CCCC1N2S(=O)[O-]. The summed E-state index contributed by atoms with van der Waals surface area (Å²) in [6, 6.07) is -0.659. The quantitative estimate of drug-likeness (QED) is 0.417. The molecule has 5 nitrogen and oxygen atoms in total.